The highest BCUT2D eigenvalue weighted by Crippen LogP contribution is 2.38. The summed E-state index contributed by atoms with van der Waals surface area (Å²) >= 11 is 0. The second kappa shape index (κ2) is 5.78. The van der Waals surface area contributed by atoms with Crippen molar-refractivity contribution in [3.63, 3.8) is 0 Å². The van der Waals surface area contributed by atoms with E-state index in [1.165, 1.54) is 0 Å². The summed E-state index contributed by atoms with van der Waals surface area (Å²) in [5, 5.41) is 0. The molecule has 5 heteroatoms. The van der Waals surface area contributed by atoms with Crippen LogP contribution >= 0.6 is 0 Å². The summed E-state index contributed by atoms with van der Waals surface area (Å²) in [6.45, 7) is 7.48. The lowest BCUT2D eigenvalue weighted by Gasteiger charge is -2.39. The first-order valence-electron chi connectivity index (χ1n) is 8.23. The fourth-order valence-electron chi connectivity index (χ4n) is 4.00. The quantitative estimate of drug-likeness (QED) is 0.914. The molecule has 1 N–H and O–H groups in total. The lowest BCUT2D eigenvalue weighted by Crippen LogP contribution is -2.49. The number of Topliss-reactive ketones (excluding diaryl/α,β-unsaturated/α-hetero) is 1. The van der Waals surface area contributed by atoms with Crippen molar-refractivity contribution in [3.05, 3.63) is 22.5 Å². The van der Waals surface area contributed by atoms with E-state index in [0.29, 0.717) is 25.6 Å². The largest absolute Gasteiger partial charge is 0.450 e. The number of ether oxygens (including phenoxy) is 1. The summed E-state index contributed by atoms with van der Waals surface area (Å²) < 4.78 is 5.08. The molecule has 0 aromatic carbocycles. The molecule has 0 radical (unpaired) electrons. The molecular formula is C17H24N2O3. The van der Waals surface area contributed by atoms with Crippen LogP contribution < -0.4 is 0 Å². The van der Waals surface area contributed by atoms with Gasteiger partial charge in [-0.1, -0.05) is 6.92 Å². The monoisotopic (exact) mass is 304 g/mol. The lowest BCUT2D eigenvalue weighted by atomic mass is 9.72. The van der Waals surface area contributed by atoms with Crippen molar-refractivity contribution in [2.24, 2.45) is 11.8 Å². The van der Waals surface area contributed by atoms with Crippen molar-refractivity contribution in [1.29, 1.82) is 0 Å². The number of hydrogen-bond acceptors (Lipinski definition) is 3. The summed E-state index contributed by atoms with van der Waals surface area (Å²) in [4.78, 5) is 30.0. The molecular weight excluding hydrogens is 280 g/mol. The molecule has 2 unspecified atom stereocenters. The van der Waals surface area contributed by atoms with Crippen LogP contribution in [0.1, 0.15) is 47.6 Å². The molecule has 1 aliphatic carbocycles. The number of nitrogens with zero attached hydrogens (tertiary/aromatic N) is 1. The Morgan fingerprint density at radius 3 is 2.86 bits per heavy atom. The molecule has 22 heavy (non-hydrogen) atoms. The van der Waals surface area contributed by atoms with Crippen LogP contribution in [0.2, 0.25) is 0 Å². The van der Waals surface area contributed by atoms with Gasteiger partial charge in [0.2, 0.25) is 0 Å². The number of rotatable bonds is 2. The first kappa shape index (κ1) is 15.1. The van der Waals surface area contributed by atoms with Crippen molar-refractivity contribution in [3.8, 4) is 0 Å². The minimum atomic E-state index is -0.291. The first-order valence-corrected chi connectivity index (χ1v) is 8.23. The molecule has 0 bridgehead atoms. The number of likely N-dealkylation sites (tertiary alicyclic amines) is 1. The molecule has 1 amide bonds. The minimum Gasteiger partial charge on any atom is -0.450 e. The van der Waals surface area contributed by atoms with Crippen LogP contribution in [-0.2, 0) is 17.6 Å². The molecule has 0 saturated carbocycles. The van der Waals surface area contributed by atoms with Crippen LogP contribution in [0.5, 0.6) is 0 Å². The molecule has 120 valence electrons. The Labute approximate surface area is 131 Å². The Balaban J connectivity index is 1.86. The molecule has 1 aliphatic heterocycles. The van der Waals surface area contributed by atoms with Gasteiger partial charge < -0.3 is 14.6 Å². The molecule has 3 rings (SSSR count). The fraction of sp³-hybridized carbons (Fsp3) is 0.647. The van der Waals surface area contributed by atoms with Crippen LogP contribution in [0.25, 0.3) is 0 Å². The van der Waals surface area contributed by atoms with Crippen molar-refractivity contribution in [1.82, 2.24) is 9.88 Å². The van der Waals surface area contributed by atoms with Gasteiger partial charge in [-0.3, -0.25) is 4.79 Å². The topological polar surface area (TPSA) is 62.4 Å². The van der Waals surface area contributed by atoms with E-state index in [-0.39, 0.29) is 17.8 Å². The van der Waals surface area contributed by atoms with Gasteiger partial charge in [0.1, 0.15) is 0 Å². The highest BCUT2D eigenvalue weighted by Gasteiger charge is 2.42. The zero-order valence-corrected chi connectivity index (χ0v) is 13.6. The Morgan fingerprint density at radius 2 is 2.18 bits per heavy atom. The molecule has 1 fully saturated rings. The number of carbonyl (C=O) groups is 2. The number of nitrogens with one attached hydrogen (secondary N) is 1. The van der Waals surface area contributed by atoms with E-state index in [9.17, 15) is 9.59 Å². The van der Waals surface area contributed by atoms with Gasteiger partial charge in [-0.15, -0.1) is 0 Å². The number of H-pyrrole nitrogens is 1. The van der Waals surface area contributed by atoms with Crippen molar-refractivity contribution < 1.29 is 14.3 Å². The maximum atomic E-state index is 13.0. The van der Waals surface area contributed by atoms with Crippen LogP contribution in [0.4, 0.5) is 4.79 Å². The van der Waals surface area contributed by atoms with E-state index >= 15 is 0 Å². The SMILES string of the molecule is CCOC(=O)N1CCC2Cc3[nH]c(C)c(CC)c3C(=O)C2C1. The lowest BCUT2D eigenvalue weighted by molar-refractivity contribution is 0.0568. The minimum absolute atomic E-state index is 0.0776. The van der Waals surface area contributed by atoms with Gasteiger partial charge >= 0.3 is 6.09 Å². The van der Waals surface area contributed by atoms with Crippen LogP contribution in [0.15, 0.2) is 0 Å². The molecule has 0 spiro atoms. The molecule has 1 aromatic heterocycles. The first-order chi connectivity index (χ1) is 10.6. The van der Waals surface area contributed by atoms with E-state index in [1.807, 2.05) is 6.92 Å². The van der Waals surface area contributed by atoms with Gasteiger partial charge in [-0.25, -0.2) is 4.79 Å². The third-order valence-electron chi connectivity index (χ3n) is 5.08. The van der Waals surface area contributed by atoms with Crippen LogP contribution in [0, 0.1) is 18.8 Å². The maximum Gasteiger partial charge on any atom is 0.409 e. The number of amides is 1. The van der Waals surface area contributed by atoms with E-state index < -0.39 is 0 Å². The highest BCUT2D eigenvalue weighted by atomic mass is 16.6. The predicted octanol–water partition coefficient (Wildman–Crippen LogP) is 2.72. The number of hydrogen-bond donors (Lipinski definition) is 1. The number of aromatic nitrogens is 1. The van der Waals surface area contributed by atoms with E-state index in [0.717, 1.165) is 41.8 Å². The van der Waals surface area contributed by atoms with E-state index in [4.69, 9.17) is 4.74 Å². The van der Waals surface area contributed by atoms with E-state index in [1.54, 1.807) is 11.8 Å². The number of carbonyl (C=O) groups excluding carboxylic acids is 2. The summed E-state index contributed by atoms with van der Waals surface area (Å²) in [7, 11) is 0. The Bertz CT molecular complexity index is 605. The summed E-state index contributed by atoms with van der Waals surface area (Å²) in [5.41, 5.74) is 4.26. The summed E-state index contributed by atoms with van der Waals surface area (Å²) in [6, 6.07) is 0. The number of piperidine rings is 1. The third kappa shape index (κ3) is 2.32. The predicted molar refractivity (Wildman–Crippen MR) is 83.1 cm³/mol. The number of aromatic amines is 1. The molecule has 1 aromatic rings. The van der Waals surface area contributed by atoms with Crippen molar-refractivity contribution in [2.75, 3.05) is 19.7 Å². The average molecular weight is 304 g/mol. The van der Waals surface area contributed by atoms with Gasteiger partial charge in [0.25, 0.3) is 0 Å². The second-order valence-corrected chi connectivity index (χ2v) is 6.30. The average Bonchev–Trinajstić information content (AvgIpc) is 2.83. The van der Waals surface area contributed by atoms with Gasteiger partial charge in [0.15, 0.2) is 5.78 Å². The smallest absolute Gasteiger partial charge is 0.409 e. The van der Waals surface area contributed by atoms with Crippen LogP contribution in [-0.4, -0.2) is 41.5 Å². The summed E-state index contributed by atoms with van der Waals surface area (Å²) in [5.74, 6) is 0.473. The second-order valence-electron chi connectivity index (χ2n) is 6.30. The van der Waals surface area contributed by atoms with Gasteiger partial charge in [0, 0.05) is 36.0 Å². The number of aryl methyl sites for hydroxylation is 1. The Hall–Kier alpha value is -1.78. The molecule has 1 saturated heterocycles. The Morgan fingerprint density at radius 1 is 1.41 bits per heavy atom. The zero-order chi connectivity index (χ0) is 15.9. The molecule has 2 heterocycles. The van der Waals surface area contributed by atoms with Crippen molar-refractivity contribution in [2.45, 2.75) is 40.0 Å². The van der Waals surface area contributed by atoms with Crippen molar-refractivity contribution >= 4 is 11.9 Å². The Kier molecular flexibility index (Phi) is 3.98. The number of fused-ring (bicyclic) bond motifs is 2. The van der Waals surface area contributed by atoms with E-state index in [2.05, 4.69) is 11.9 Å². The maximum absolute atomic E-state index is 13.0. The highest BCUT2D eigenvalue weighted by molar-refractivity contribution is 6.02. The normalized spacial score (nSPS) is 24.0. The summed E-state index contributed by atoms with van der Waals surface area (Å²) in [6.07, 6.45) is 2.36. The number of ketones is 1. The third-order valence-corrected chi connectivity index (χ3v) is 5.08. The molecule has 2 atom stereocenters. The zero-order valence-electron chi connectivity index (χ0n) is 13.6. The van der Waals surface area contributed by atoms with Gasteiger partial charge in [-0.05, 0) is 44.6 Å². The fourth-order valence-corrected chi connectivity index (χ4v) is 4.00. The standard InChI is InChI=1S/C17H24N2O3/c1-4-12-10(3)18-14-8-11-6-7-19(17(21)22-5-2)9-13(11)16(20)15(12)14/h11,13,18H,4-9H2,1-3H3. The molecule has 5 nitrogen and oxygen atoms in total. The van der Waals surface area contributed by atoms with Gasteiger partial charge in [0.05, 0.1) is 6.61 Å². The van der Waals surface area contributed by atoms with Crippen LogP contribution in [0.3, 0.4) is 0 Å². The van der Waals surface area contributed by atoms with Gasteiger partial charge in [-0.2, -0.15) is 0 Å². The molecule has 2 aliphatic rings.